The van der Waals surface area contributed by atoms with Gasteiger partial charge in [-0.05, 0) is 86.3 Å². The number of aliphatic carboxylic acids is 1. The Bertz CT molecular complexity index is 3380. The van der Waals surface area contributed by atoms with Crippen molar-refractivity contribution in [1.82, 2.24) is 45.0 Å². The molecule has 2 unspecified atom stereocenters. The predicted octanol–water partition coefficient (Wildman–Crippen LogP) is 4.14. The third kappa shape index (κ3) is 13.4. The first kappa shape index (κ1) is 52.1. The predicted molar refractivity (Wildman–Crippen MR) is 262 cm³/mol. The molecule has 4 N–H and O–H groups in total. The number of carboxylic acid groups (broad SMARTS) is 1. The van der Waals surface area contributed by atoms with Crippen LogP contribution in [0.15, 0.2) is 105 Å². The van der Waals surface area contributed by atoms with E-state index in [-0.39, 0.29) is 66.5 Å². The minimum atomic E-state index is -1.14. The Kier molecular flexibility index (Phi) is 16.1. The number of carbonyl (C=O) groups excluding carboxylic acids is 3. The summed E-state index contributed by atoms with van der Waals surface area (Å²) in [4.78, 5) is 101. The largest absolute Gasteiger partial charge is 0.494 e. The van der Waals surface area contributed by atoms with Crippen LogP contribution in [0.1, 0.15) is 104 Å². The van der Waals surface area contributed by atoms with Gasteiger partial charge in [0.15, 0.2) is 35.3 Å². The molecular formula is C51H49F2N11O11. The second-order valence-electron chi connectivity index (χ2n) is 17.4. The van der Waals surface area contributed by atoms with Crippen molar-refractivity contribution in [2.45, 2.75) is 84.0 Å². The molecule has 3 aliphatic rings. The average molecular weight is 1030 g/mol. The van der Waals surface area contributed by atoms with Gasteiger partial charge in [0.2, 0.25) is 5.91 Å². The van der Waals surface area contributed by atoms with E-state index in [4.69, 9.17) is 24.3 Å². The summed E-state index contributed by atoms with van der Waals surface area (Å²) in [5, 5.41) is 25.6. The Morgan fingerprint density at radius 2 is 1.11 bits per heavy atom. The third-order valence-corrected chi connectivity index (χ3v) is 11.7. The lowest BCUT2D eigenvalue weighted by atomic mass is 10.0. The highest BCUT2D eigenvalue weighted by Crippen LogP contribution is 2.30. The minimum absolute atomic E-state index is 0.0715. The number of pyridine rings is 2. The van der Waals surface area contributed by atoms with E-state index >= 15 is 0 Å². The zero-order valence-corrected chi connectivity index (χ0v) is 40.8. The molecule has 1 saturated carbocycles. The number of methoxy groups -OCH3 is 2. The molecule has 6 aromatic rings. The Labute approximate surface area is 425 Å². The van der Waals surface area contributed by atoms with Crippen LogP contribution in [0.25, 0.3) is 0 Å². The number of nitrogens with zero attached hydrogens (tertiary/aromatic N) is 8. The van der Waals surface area contributed by atoms with E-state index in [0.717, 1.165) is 17.4 Å². The lowest BCUT2D eigenvalue weighted by Crippen LogP contribution is -2.33. The van der Waals surface area contributed by atoms with Gasteiger partial charge >= 0.3 is 5.97 Å². The van der Waals surface area contributed by atoms with Crippen molar-refractivity contribution in [1.29, 1.82) is 0 Å². The second-order valence-corrected chi connectivity index (χ2v) is 17.4. The number of aromatic nitrogens is 6. The first-order chi connectivity index (χ1) is 36.0. The molecule has 2 atom stereocenters. The van der Waals surface area contributed by atoms with E-state index in [0.29, 0.717) is 63.1 Å². The quantitative estimate of drug-likeness (QED) is 0.0999. The molecule has 0 saturated heterocycles. The molecule has 388 valence electrons. The highest BCUT2D eigenvalue weighted by molar-refractivity contribution is 6.03. The number of hydrogen-bond donors (Lipinski definition) is 4. The smallest absolute Gasteiger partial charge is 0.323 e. The number of hydrogen-bond acceptors (Lipinski definition) is 16. The van der Waals surface area contributed by atoms with E-state index in [9.17, 15) is 37.5 Å². The number of amides is 3. The number of carbonyl (C=O) groups is 4. The summed E-state index contributed by atoms with van der Waals surface area (Å²) in [6, 6.07) is 17.7. The molecule has 1 aliphatic carbocycles. The van der Waals surface area contributed by atoms with Gasteiger partial charge in [-0.25, -0.2) is 28.7 Å². The topological polar surface area (TPSA) is 282 Å². The molecule has 1 fully saturated rings. The summed E-state index contributed by atoms with van der Waals surface area (Å²) >= 11 is 0. The van der Waals surface area contributed by atoms with Gasteiger partial charge in [-0.15, -0.1) is 0 Å². The molecule has 24 heteroatoms. The van der Waals surface area contributed by atoms with E-state index in [1.165, 1.54) is 73.5 Å². The molecule has 9 rings (SSSR count). The fourth-order valence-corrected chi connectivity index (χ4v) is 7.78. The van der Waals surface area contributed by atoms with Gasteiger partial charge in [-0.2, -0.15) is 0 Å². The normalized spacial score (nSPS) is 15.5. The van der Waals surface area contributed by atoms with Crippen LogP contribution >= 0.6 is 0 Å². The maximum absolute atomic E-state index is 13.7. The molecular weight excluding hydrogens is 981 g/mol. The highest BCUT2D eigenvalue weighted by Gasteiger charge is 2.29. The van der Waals surface area contributed by atoms with E-state index in [1.807, 2.05) is 0 Å². The Hall–Kier alpha value is -9.22. The van der Waals surface area contributed by atoms with Crippen molar-refractivity contribution >= 4 is 35.1 Å². The van der Waals surface area contributed by atoms with E-state index in [1.54, 1.807) is 44.3 Å². The van der Waals surface area contributed by atoms with Crippen molar-refractivity contribution in [3.05, 3.63) is 174 Å². The number of oxime groups is 2. The van der Waals surface area contributed by atoms with Gasteiger partial charge < -0.3 is 49.3 Å². The van der Waals surface area contributed by atoms with Crippen LogP contribution < -0.4 is 36.5 Å². The molecule has 2 aromatic carbocycles. The summed E-state index contributed by atoms with van der Waals surface area (Å²) in [5.74, 6) is -2.33. The molecule has 6 heterocycles. The molecule has 22 nitrogen and oxygen atoms in total. The van der Waals surface area contributed by atoms with Crippen LogP contribution in [-0.4, -0.2) is 89.6 Å². The molecule has 0 radical (unpaired) electrons. The van der Waals surface area contributed by atoms with Gasteiger partial charge in [-0.3, -0.25) is 28.8 Å². The first-order valence-electron chi connectivity index (χ1n) is 23.3. The highest BCUT2D eigenvalue weighted by atomic mass is 19.1. The lowest BCUT2D eigenvalue weighted by molar-refractivity contribution is -0.137. The number of rotatable bonds is 17. The number of benzene rings is 2. The van der Waals surface area contributed by atoms with Crippen LogP contribution in [0.4, 0.5) is 8.78 Å². The molecule has 4 aromatic heterocycles. The zero-order chi connectivity index (χ0) is 53.3. The van der Waals surface area contributed by atoms with Crippen LogP contribution in [-0.2, 0) is 45.4 Å². The lowest BCUT2D eigenvalue weighted by Gasteiger charge is -2.12. The number of aryl methyl sites for hydroxylation is 2. The maximum atomic E-state index is 13.7. The van der Waals surface area contributed by atoms with E-state index < -0.39 is 53.7 Å². The van der Waals surface area contributed by atoms with E-state index in [2.05, 4.69) is 46.2 Å². The van der Waals surface area contributed by atoms with Crippen LogP contribution in [0.5, 0.6) is 11.5 Å². The fraction of sp³-hybridized carbons (Fsp3) is 0.294. The summed E-state index contributed by atoms with van der Waals surface area (Å²) in [6.45, 7) is 3.04. The second kappa shape index (κ2) is 23.1. The standard InChI is InChI=1S/C27H27FN6O5.C24H22FN5O6/c1-15-30-20(10-22(31-15)27(37)29-12-16-3-7-19(28)24(9-16)38-2)21-11-23(39-33-21)17-4-8-26(36)34(13-17)14-25(35)32-18-5-6-18;1-13-27-17(8-19(28-13)24(34)26-10-14-3-5-16(25)21(7-14)35-2)18-9-20(36-29-18)15-4-6-22(31)30(11-15)12-23(32)33/h3-4,7-10,13,18,23H,5-6,11-12,14H2,1-2H3,(H,29,37)(H,32,35);3-8,11,20H,9-10,12H2,1-2H3,(H,26,34)(H,32,33). The third-order valence-electron chi connectivity index (χ3n) is 11.7. The Morgan fingerprint density at radius 3 is 1.53 bits per heavy atom. The Morgan fingerprint density at radius 1 is 0.653 bits per heavy atom. The number of carboxylic acids is 1. The van der Waals surface area contributed by atoms with Gasteiger partial charge in [-0.1, -0.05) is 22.4 Å². The van der Waals surface area contributed by atoms with Gasteiger partial charge in [0.1, 0.15) is 47.5 Å². The SMILES string of the molecule is COc1cc(CNC(=O)c2cc(C3=NOC(c4ccc(=O)n(CC(=O)NC5CC5)c4)C3)nc(C)n2)ccc1F.COc1cc(CNC(=O)c2cc(C3=NOC(c4ccc(=O)n(CC(=O)O)c4)C3)nc(C)n2)ccc1F. The van der Waals surface area contributed by atoms with Gasteiger partial charge in [0.05, 0.1) is 25.6 Å². The van der Waals surface area contributed by atoms with Gasteiger partial charge in [0.25, 0.3) is 22.9 Å². The molecule has 0 bridgehead atoms. The summed E-state index contributed by atoms with van der Waals surface area (Å²) in [5.41, 5.74) is 3.94. The summed E-state index contributed by atoms with van der Waals surface area (Å²) < 4.78 is 39.6. The van der Waals surface area contributed by atoms with Crippen molar-refractivity contribution in [3.63, 3.8) is 0 Å². The number of halogens is 2. The molecule has 0 spiro atoms. The molecule has 75 heavy (non-hydrogen) atoms. The Balaban J connectivity index is 0.000000200. The van der Waals surface area contributed by atoms with Gasteiger partial charge in [0, 0.05) is 67.6 Å². The zero-order valence-electron chi connectivity index (χ0n) is 40.8. The summed E-state index contributed by atoms with van der Waals surface area (Å²) in [6.07, 6.45) is 4.55. The minimum Gasteiger partial charge on any atom is -0.494 e. The van der Waals surface area contributed by atoms with Crippen LogP contribution in [0.2, 0.25) is 0 Å². The molecule has 3 amide bonds. The number of nitrogens with one attached hydrogen (secondary N) is 3. The van der Waals surface area contributed by atoms with Crippen molar-refractivity contribution in [2.75, 3.05) is 14.2 Å². The van der Waals surface area contributed by atoms with Crippen molar-refractivity contribution in [2.24, 2.45) is 10.3 Å². The van der Waals surface area contributed by atoms with Crippen molar-refractivity contribution in [3.8, 4) is 11.5 Å². The van der Waals surface area contributed by atoms with Crippen LogP contribution in [0, 0.1) is 25.5 Å². The molecule has 2 aliphatic heterocycles. The monoisotopic (exact) mass is 1030 g/mol. The van der Waals surface area contributed by atoms with Crippen molar-refractivity contribution < 1.29 is 52.2 Å². The average Bonchev–Trinajstić information content (AvgIpc) is 3.81. The summed E-state index contributed by atoms with van der Waals surface area (Å²) in [7, 11) is 2.73. The maximum Gasteiger partial charge on any atom is 0.323 e. The number of ether oxygens (including phenoxy) is 2. The first-order valence-corrected chi connectivity index (χ1v) is 23.3. The fourth-order valence-electron chi connectivity index (χ4n) is 7.78. The van der Waals surface area contributed by atoms with Crippen LogP contribution in [0.3, 0.4) is 0 Å².